The minimum Gasteiger partial charge on any atom is -0.445 e. The van der Waals surface area contributed by atoms with Gasteiger partial charge in [0.15, 0.2) is 0 Å². The van der Waals surface area contributed by atoms with Crippen molar-refractivity contribution in [1.29, 1.82) is 0 Å². The van der Waals surface area contributed by atoms with Gasteiger partial charge in [-0.05, 0) is 0 Å². The van der Waals surface area contributed by atoms with Crippen LogP contribution in [0.15, 0.2) is 0 Å². The molecule has 0 unspecified atom stereocenters. The van der Waals surface area contributed by atoms with E-state index >= 15 is 0 Å². The van der Waals surface area contributed by atoms with Crippen molar-refractivity contribution >= 4 is 5.97 Å². The number of aliphatic hydroxyl groups is 2. The molecule has 8 heavy (non-hydrogen) atoms. The van der Waals surface area contributed by atoms with Gasteiger partial charge in [0.05, 0.1) is 6.61 Å². The molecule has 0 amide bonds. The average molecular weight is 118 g/mol. The van der Waals surface area contributed by atoms with Crippen LogP contribution in [0.5, 0.6) is 0 Å². The van der Waals surface area contributed by atoms with Gasteiger partial charge in [0.1, 0.15) is 6.10 Å². The Balaban J connectivity index is 2.28. The highest BCUT2D eigenvalue weighted by molar-refractivity contribution is 5.87. The number of cyclic esters (lactones) is 1. The van der Waals surface area contributed by atoms with Gasteiger partial charge in [-0.2, -0.15) is 0 Å². The highest BCUT2D eigenvalue weighted by atomic mass is 16.7. The van der Waals surface area contributed by atoms with E-state index < -0.39 is 24.8 Å². The maximum absolute atomic E-state index is 9.99. The third kappa shape index (κ3) is 0.801. The number of rotatable bonds is 2. The lowest BCUT2D eigenvalue weighted by atomic mass is 10.3. The quantitative estimate of drug-likeness (QED) is 0.422. The summed E-state index contributed by atoms with van der Waals surface area (Å²) < 4.78 is 4.22. The summed E-state index contributed by atoms with van der Waals surface area (Å²) in [6.07, 6.45) is -1.78. The van der Waals surface area contributed by atoms with Gasteiger partial charge >= 0.3 is 5.97 Å². The second-order valence-corrected chi connectivity index (χ2v) is 1.61. The number of carbonyl (C=O) groups is 1. The summed E-state index contributed by atoms with van der Waals surface area (Å²) in [6.45, 7) is -0.420. The Labute approximate surface area is 45.7 Å². The van der Waals surface area contributed by atoms with E-state index in [9.17, 15) is 4.79 Å². The number of ether oxygens (including phenoxy) is 1. The Morgan fingerprint density at radius 2 is 2.38 bits per heavy atom. The lowest BCUT2D eigenvalue weighted by Crippen LogP contribution is -2.19. The summed E-state index contributed by atoms with van der Waals surface area (Å²) >= 11 is 0. The molecule has 4 nitrogen and oxygen atoms in total. The highest BCUT2D eigenvalue weighted by Gasteiger charge is 2.44. The molecule has 0 spiro atoms. The van der Waals surface area contributed by atoms with Crippen molar-refractivity contribution in [3.8, 4) is 0 Å². The first kappa shape index (κ1) is 5.53. The van der Waals surface area contributed by atoms with Crippen molar-refractivity contribution in [3.63, 3.8) is 0 Å². The van der Waals surface area contributed by atoms with E-state index in [-0.39, 0.29) is 0 Å². The molecular formula is C4H6O4. The third-order valence-corrected chi connectivity index (χ3v) is 0.955. The second-order valence-electron chi connectivity index (χ2n) is 1.61. The predicted octanol–water partition coefficient (Wildman–Crippen LogP) is -1.73. The molecule has 1 rings (SSSR count). The van der Waals surface area contributed by atoms with Crippen LogP contribution in [-0.4, -0.2) is 35.0 Å². The molecule has 1 aliphatic heterocycles. The first-order chi connectivity index (χ1) is 3.75. The molecule has 0 bridgehead atoms. The Morgan fingerprint density at radius 3 is 2.50 bits per heavy atom. The minimum atomic E-state index is -1.03. The van der Waals surface area contributed by atoms with Crippen molar-refractivity contribution < 1.29 is 19.7 Å². The first-order valence-electron chi connectivity index (χ1n) is 2.25. The van der Waals surface area contributed by atoms with Crippen LogP contribution in [0, 0.1) is 0 Å². The number of hydrogen-bond donors (Lipinski definition) is 2. The zero-order chi connectivity index (χ0) is 6.15. The van der Waals surface area contributed by atoms with Crippen LogP contribution in [0.4, 0.5) is 0 Å². The van der Waals surface area contributed by atoms with E-state index in [0.717, 1.165) is 0 Å². The predicted molar refractivity (Wildman–Crippen MR) is 23.0 cm³/mol. The van der Waals surface area contributed by atoms with Crippen LogP contribution in [-0.2, 0) is 9.53 Å². The van der Waals surface area contributed by atoms with E-state index in [1.54, 1.807) is 0 Å². The van der Waals surface area contributed by atoms with Gasteiger partial charge in [0.2, 0.25) is 6.10 Å². The summed E-state index contributed by atoms with van der Waals surface area (Å²) in [5, 5.41) is 16.8. The molecule has 46 valence electrons. The van der Waals surface area contributed by atoms with Crippen LogP contribution >= 0.6 is 0 Å². The maximum atomic E-state index is 9.99. The Morgan fingerprint density at radius 1 is 1.88 bits per heavy atom. The minimum absolute atomic E-state index is 0.420. The second kappa shape index (κ2) is 1.72. The molecule has 1 aliphatic rings. The molecule has 2 atom stereocenters. The van der Waals surface area contributed by atoms with Crippen LogP contribution in [0.3, 0.4) is 0 Å². The molecule has 0 aromatic rings. The summed E-state index contributed by atoms with van der Waals surface area (Å²) in [6, 6.07) is 0. The first-order valence-corrected chi connectivity index (χ1v) is 2.25. The van der Waals surface area contributed by atoms with Gasteiger partial charge in [0.25, 0.3) is 0 Å². The topological polar surface area (TPSA) is 70.1 Å². The molecule has 0 aliphatic carbocycles. The summed E-state index contributed by atoms with van der Waals surface area (Å²) in [5.74, 6) is -0.438. The number of carbonyl (C=O) groups excluding carboxylic acids is 1. The Hall–Kier alpha value is -0.610. The van der Waals surface area contributed by atoms with Gasteiger partial charge in [-0.1, -0.05) is 0 Å². The molecule has 1 fully saturated rings. The molecule has 1 heterocycles. The van der Waals surface area contributed by atoms with Gasteiger partial charge in [-0.25, -0.2) is 4.79 Å². The van der Waals surface area contributed by atoms with Crippen LogP contribution in [0.1, 0.15) is 0 Å². The van der Waals surface area contributed by atoms with Crippen molar-refractivity contribution in [2.24, 2.45) is 0 Å². The lowest BCUT2D eigenvalue weighted by molar-refractivity contribution is -0.117. The normalized spacial score (nSPS) is 29.2. The average Bonchev–Trinajstić information content (AvgIpc) is 2.45. The zero-order valence-electron chi connectivity index (χ0n) is 4.07. The van der Waals surface area contributed by atoms with Gasteiger partial charge < -0.3 is 14.9 Å². The molecule has 2 N–H and O–H groups in total. The smallest absolute Gasteiger partial charge is 0.351 e. The zero-order valence-corrected chi connectivity index (χ0v) is 4.07. The fourth-order valence-electron chi connectivity index (χ4n) is 0.422. The van der Waals surface area contributed by atoms with Crippen molar-refractivity contribution in [2.45, 2.75) is 12.2 Å². The standard InChI is InChI=1S/C4H6O4/c5-1-2(6)3-4(7)8-3/h2-3,5-6H,1H2/t2-,3+/m1/s1. The maximum Gasteiger partial charge on any atom is 0.351 e. The highest BCUT2D eigenvalue weighted by Crippen LogP contribution is 2.15. The largest absolute Gasteiger partial charge is 0.445 e. The van der Waals surface area contributed by atoms with E-state index in [1.165, 1.54) is 0 Å². The molecule has 0 aromatic carbocycles. The fraction of sp³-hybridized carbons (Fsp3) is 0.750. The Kier molecular flexibility index (Phi) is 1.19. The van der Waals surface area contributed by atoms with Crippen LogP contribution in [0.2, 0.25) is 0 Å². The van der Waals surface area contributed by atoms with E-state index in [1.807, 2.05) is 0 Å². The summed E-state index contributed by atoms with van der Waals surface area (Å²) in [5.41, 5.74) is 0. The number of aliphatic hydroxyl groups excluding tert-OH is 2. The number of epoxide rings is 1. The van der Waals surface area contributed by atoms with E-state index in [0.29, 0.717) is 0 Å². The summed E-state index contributed by atoms with van der Waals surface area (Å²) in [7, 11) is 0. The van der Waals surface area contributed by atoms with Crippen molar-refractivity contribution in [2.75, 3.05) is 6.61 Å². The van der Waals surface area contributed by atoms with Crippen LogP contribution in [0.25, 0.3) is 0 Å². The molecular weight excluding hydrogens is 112 g/mol. The fourth-order valence-corrected chi connectivity index (χ4v) is 0.422. The van der Waals surface area contributed by atoms with E-state index in [4.69, 9.17) is 10.2 Å². The Bertz CT molecular complexity index is 111. The van der Waals surface area contributed by atoms with Crippen LogP contribution < -0.4 is 0 Å². The van der Waals surface area contributed by atoms with Gasteiger partial charge in [-0.15, -0.1) is 0 Å². The van der Waals surface area contributed by atoms with E-state index in [2.05, 4.69) is 4.74 Å². The molecule has 0 saturated carbocycles. The van der Waals surface area contributed by atoms with Gasteiger partial charge in [0, 0.05) is 0 Å². The molecule has 0 aromatic heterocycles. The SMILES string of the molecule is O=C1O[C@H]1[C@H](O)CO. The lowest BCUT2D eigenvalue weighted by Gasteiger charge is -1.95. The number of hydrogen-bond acceptors (Lipinski definition) is 4. The molecule has 0 radical (unpaired) electrons. The van der Waals surface area contributed by atoms with Crippen molar-refractivity contribution in [1.82, 2.24) is 0 Å². The monoisotopic (exact) mass is 118 g/mol. The third-order valence-electron chi connectivity index (χ3n) is 0.955. The molecule has 1 saturated heterocycles. The van der Waals surface area contributed by atoms with Crippen molar-refractivity contribution in [3.05, 3.63) is 0 Å². The molecule has 4 heteroatoms. The summed E-state index contributed by atoms with van der Waals surface area (Å²) in [4.78, 5) is 9.99. The van der Waals surface area contributed by atoms with Gasteiger partial charge in [-0.3, -0.25) is 0 Å².